The summed E-state index contributed by atoms with van der Waals surface area (Å²) in [6, 6.07) is 22.0. The highest BCUT2D eigenvalue weighted by molar-refractivity contribution is 7.89. The third kappa shape index (κ3) is 10.5. The summed E-state index contributed by atoms with van der Waals surface area (Å²) in [6.07, 6.45) is 2.64. The van der Waals surface area contributed by atoms with Crippen molar-refractivity contribution in [2.75, 3.05) is 13.2 Å². The van der Waals surface area contributed by atoms with Crippen molar-refractivity contribution in [3.8, 4) is 0 Å². The predicted molar refractivity (Wildman–Crippen MR) is 164 cm³/mol. The summed E-state index contributed by atoms with van der Waals surface area (Å²) < 4.78 is 34.1. The Morgan fingerprint density at radius 3 is 1.98 bits per heavy atom. The monoisotopic (exact) mass is 614 g/mol. The number of aliphatic hydroxyl groups is 3. The zero-order valence-corrected chi connectivity index (χ0v) is 25.1. The summed E-state index contributed by atoms with van der Waals surface area (Å²) in [6.45, 7) is 0.232. The van der Waals surface area contributed by atoms with Gasteiger partial charge in [0, 0.05) is 19.2 Å². The van der Waals surface area contributed by atoms with Crippen LogP contribution in [0.5, 0.6) is 0 Å². The molecule has 10 nitrogen and oxygen atoms in total. The molecule has 234 valence electrons. The minimum absolute atomic E-state index is 0.211. The van der Waals surface area contributed by atoms with Crippen molar-refractivity contribution < 1.29 is 33.4 Å². The Kier molecular flexibility index (Phi) is 14.2. The number of hydrogen-bond acceptors (Lipinski definition) is 8. The lowest BCUT2D eigenvalue weighted by atomic mass is 9.99. The van der Waals surface area contributed by atoms with Crippen LogP contribution in [0.2, 0.25) is 0 Å². The molecule has 3 rings (SSSR count). The van der Waals surface area contributed by atoms with Gasteiger partial charge in [0.1, 0.15) is 0 Å². The fourth-order valence-electron chi connectivity index (χ4n) is 4.92. The highest BCUT2D eigenvalue weighted by Gasteiger charge is 2.40. The number of nitrogens with zero attached hydrogens (tertiary/aromatic N) is 2. The van der Waals surface area contributed by atoms with Crippen LogP contribution in [-0.4, -0.2) is 64.4 Å². The van der Waals surface area contributed by atoms with Crippen LogP contribution in [0, 0.1) is 10.1 Å². The Hall–Kier alpha value is -3.19. The molecule has 3 N–H and O–H groups in total. The number of para-hydroxylation sites is 1. The van der Waals surface area contributed by atoms with Crippen LogP contribution >= 0.6 is 0 Å². The molecule has 0 aliphatic carbocycles. The maximum Gasteiger partial charge on any atom is 0.289 e. The first kappa shape index (κ1) is 34.3. The first-order chi connectivity index (χ1) is 20.8. The maximum atomic E-state index is 13.8. The number of benzene rings is 3. The number of nitro benzene ring substituents is 1. The van der Waals surface area contributed by atoms with Crippen molar-refractivity contribution in [3.05, 3.63) is 106 Å². The quantitative estimate of drug-likeness (QED) is 0.0932. The van der Waals surface area contributed by atoms with E-state index >= 15 is 0 Å². The van der Waals surface area contributed by atoms with Gasteiger partial charge in [-0.3, -0.25) is 10.1 Å². The van der Waals surface area contributed by atoms with Crippen LogP contribution in [0.4, 0.5) is 5.69 Å². The van der Waals surface area contributed by atoms with Crippen molar-refractivity contribution in [3.63, 3.8) is 0 Å². The van der Waals surface area contributed by atoms with E-state index in [1.54, 1.807) is 30.3 Å². The van der Waals surface area contributed by atoms with Gasteiger partial charge in [-0.2, -0.15) is 4.31 Å². The first-order valence-electron chi connectivity index (χ1n) is 14.6. The molecule has 3 aromatic carbocycles. The molecular weight excluding hydrogens is 572 g/mol. The average molecular weight is 615 g/mol. The Morgan fingerprint density at radius 1 is 0.791 bits per heavy atom. The summed E-state index contributed by atoms with van der Waals surface area (Å²) in [5.41, 5.74) is 1.08. The van der Waals surface area contributed by atoms with E-state index in [0.717, 1.165) is 54.1 Å². The van der Waals surface area contributed by atoms with Gasteiger partial charge in [-0.25, -0.2) is 8.42 Å². The van der Waals surface area contributed by atoms with Crippen molar-refractivity contribution in [2.24, 2.45) is 0 Å². The first-order valence-corrected chi connectivity index (χ1v) is 16.1. The summed E-state index contributed by atoms with van der Waals surface area (Å²) in [5.74, 6) is 0. The number of unbranched alkanes of at least 4 members (excludes halogenated alkanes) is 5. The predicted octanol–water partition coefficient (Wildman–Crippen LogP) is 4.82. The van der Waals surface area contributed by atoms with Crippen molar-refractivity contribution in [1.29, 1.82) is 0 Å². The normalized spacial score (nSPS) is 14.0. The second-order valence-corrected chi connectivity index (χ2v) is 12.4. The fourth-order valence-corrected chi connectivity index (χ4v) is 6.70. The standard InChI is InChI=1S/C32H42N2O8S/c35-24-29(32(37)30(36)20-11-3-1-2-4-14-22-42-25-27-17-9-6-10-18-27)33(23-26-15-7-5-8-16-26)43(40,41)31-21-13-12-19-28(31)34(38)39/h5-10,12-13,15-19,21,29-30,32,35-37H,1-4,11,14,20,22-25H2/t29-,30+,32-/m0/s1. The van der Waals surface area contributed by atoms with Gasteiger partial charge in [0.15, 0.2) is 4.90 Å². The Balaban J connectivity index is 1.55. The van der Waals surface area contributed by atoms with E-state index in [0.29, 0.717) is 25.2 Å². The summed E-state index contributed by atoms with van der Waals surface area (Å²) in [4.78, 5) is 10.3. The van der Waals surface area contributed by atoms with Gasteiger partial charge < -0.3 is 20.1 Å². The molecule has 43 heavy (non-hydrogen) atoms. The van der Waals surface area contributed by atoms with E-state index in [4.69, 9.17) is 4.74 Å². The van der Waals surface area contributed by atoms with E-state index in [1.165, 1.54) is 12.1 Å². The molecule has 0 amide bonds. The summed E-state index contributed by atoms with van der Waals surface area (Å²) >= 11 is 0. The lowest BCUT2D eigenvalue weighted by Gasteiger charge is -2.34. The lowest BCUT2D eigenvalue weighted by Crippen LogP contribution is -2.52. The highest BCUT2D eigenvalue weighted by atomic mass is 32.2. The van der Waals surface area contributed by atoms with Gasteiger partial charge in [0.25, 0.3) is 15.7 Å². The molecule has 0 bridgehead atoms. The van der Waals surface area contributed by atoms with Crippen LogP contribution in [-0.2, 0) is 27.9 Å². The second kappa shape index (κ2) is 17.8. The Bertz CT molecular complexity index is 1340. The van der Waals surface area contributed by atoms with Crippen LogP contribution in [0.15, 0.2) is 89.8 Å². The molecule has 0 saturated carbocycles. The lowest BCUT2D eigenvalue weighted by molar-refractivity contribution is -0.387. The number of ether oxygens (including phenoxy) is 1. The van der Waals surface area contributed by atoms with Crippen LogP contribution in [0.25, 0.3) is 0 Å². The molecule has 0 saturated heterocycles. The van der Waals surface area contributed by atoms with E-state index in [9.17, 15) is 33.9 Å². The van der Waals surface area contributed by atoms with Gasteiger partial charge in [-0.15, -0.1) is 0 Å². The van der Waals surface area contributed by atoms with E-state index in [2.05, 4.69) is 0 Å². The van der Waals surface area contributed by atoms with Crippen LogP contribution < -0.4 is 0 Å². The minimum atomic E-state index is -4.57. The maximum absolute atomic E-state index is 13.8. The van der Waals surface area contributed by atoms with Gasteiger partial charge in [-0.05, 0) is 30.0 Å². The third-order valence-corrected chi connectivity index (χ3v) is 9.24. The molecule has 0 aromatic heterocycles. The molecule has 0 radical (unpaired) electrons. The largest absolute Gasteiger partial charge is 0.395 e. The molecule has 0 unspecified atom stereocenters. The molecule has 11 heteroatoms. The summed E-state index contributed by atoms with van der Waals surface area (Å²) in [5, 5.41) is 43.7. The molecule has 3 atom stereocenters. The number of sulfonamides is 1. The smallest absolute Gasteiger partial charge is 0.289 e. The average Bonchev–Trinajstić information content (AvgIpc) is 3.02. The van der Waals surface area contributed by atoms with Gasteiger partial charge in [0.05, 0.1) is 36.4 Å². The van der Waals surface area contributed by atoms with E-state index in [-0.39, 0.29) is 13.0 Å². The molecule has 0 spiro atoms. The minimum Gasteiger partial charge on any atom is -0.395 e. The third-order valence-electron chi connectivity index (χ3n) is 7.33. The van der Waals surface area contributed by atoms with Crippen molar-refractivity contribution in [2.45, 2.75) is 81.2 Å². The van der Waals surface area contributed by atoms with Gasteiger partial charge >= 0.3 is 0 Å². The van der Waals surface area contributed by atoms with Gasteiger partial charge in [-0.1, -0.05) is 105 Å². The Morgan fingerprint density at radius 2 is 1.35 bits per heavy atom. The highest BCUT2D eigenvalue weighted by Crippen LogP contribution is 2.30. The second-order valence-electron chi connectivity index (χ2n) is 10.5. The van der Waals surface area contributed by atoms with E-state index in [1.807, 2.05) is 30.3 Å². The topological polar surface area (TPSA) is 150 Å². The molecule has 0 fully saturated rings. The zero-order chi connectivity index (χ0) is 31.1. The molecule has 0 heterocycles. The molecule has 0 aliphatic heterocycles. The molecule has 0 aliphatic rings. The zero-order valence-electron chi connectivity index (χ0n) is 24.3. The number of hydrogen-bond donors (Lipinski definition) is 3. The fraction of sp³-hybridized carbons (Fsp3) is 0.438. The number of aliphatic hydroxyl groups excluding tert-OH is 3. The van der Waals surface area contributed by atoms with Crippen molar-refractivity contribution >= 4 is 15.7 Å². The van der Waals surface area contributed by atoms with Crippen LogP contribution in [0.1, 0.15) is 56.1 Å². The molecule has 3 aromatic rings. The summed E-state index contributed by atoms with van der Waals surface area (Å²) in [7, 11) is -4.57. The number of nitro groups is 1. The van der Waals surface area contributed by atoms with E-state index < -0.39 is 50.4 Å². The number of rotatable bonds is 20. The Labute approximate surface area is 253 Å². The van der Waals surface area contributed by atoms with Gasteiger partial charge in [0.2, 0.25) is 0 Å². The van der Waals surface area contributed by atoms with Crippen LogP contribution in [0.3, 0.4) is 0 Å². The van der Waals surface area contributed by atoms with Crippen molar-refractivity contribution in [1.82, 2.24) is 4.31 Å². The SMILES string of the molecule is O=[N+]([O-])c1ccccc1S(=O)(=O)N(Cc1ccccc1)[C@@H](CO)[C@H](O)[C@H](O)CCCCCCCCOCc1ccccc1. The molecular formula is C32H42N2O8S.